The van der Waals surface area contributed by atoms with E-state index in [1.54, 1.807) is 12.1 Å². The fourth-order valence-corrected chi connectivity index (χ4v) is 4.97. The number of likely N-dealkylation sites (tertiary alicyclic amines) is 1. The Kier molecular flexibility index (Phi) is 5.01. The summed E-state index contributed by atoms with van der Waals surface area (Å²) in [5.74, 6) is 1.48. The largest absolute Gasteiger partial charge is 0.487 e. The van der Waals surface area contributed by atoms with Crippen LogP contribution in [-0.4, -0.2) is 41.4 Å². The lowest BCUT2D eigenvalue weighted by molar-refractivity contribution is -0.123. The molecule has 6 heteroatoms. The lowest BCUT2D eigenvalue weighted by Gasteiger charge is -2.46. The van der Waals surface area contributed by atoms with Crippen LogP contribution >= 0.6 is 0 Å². The highest BCUT2D eigenvalue weighted by atomic mass is 16.5. The molecule has 158 valence electrons. The average molecular weight is 408 g/mol. The van der Waals surface area contributed by atoms with Crippen molar-refractivity contribution < 1.29 is 18.7 Å². The van der Waals surface area contributed by atoms with Crippen molar-refractivity contribution in [2.24, 2.45) is 0 Å². The molecule has 3 aliphatic rings. The molecule has 6 nitrogen and oxygen atoms in total. The number of rotatable bonds is 4. The average Bonchev–Trinajstić information content (AvgIpc) is 3.26. The normalized spacial score (nSPS) is 22.7. The zero-order valence-corrected chi connectivity index (χ0v) is 17.1. The fraction of sp³-hybridized carbons (Fsp3) is 0.500. The monoisotopic (exact) mass is 408 g/mol. The number of carbonyl (C=O) groups excluding carboxylic acids is 2. The SMILES string of the molecule is O=C(C[C@H]1CC2(CCN(C(=O)c3ccco3)CC2)Oc2ccccc21)NC1CCC1. The van der Waals surface area contributed by atoms with Gasteiger partial charge in [-0.15, -0.1) is 0 Å². The van der Waals surface area contributed by atoms with Crippen LogP contribution in [0.5, 0.6) is 5.75 Å². The molecule has 30 heavy (non-hydrogen) atoms. The van der Waals surface area contributed by atoms with Gasteiger partial charge in [-0.1, -0.05) is 18.2 Å². The molecule has 2 fully saturated rings. The second kappa shape index (κ2) is 7.82. The summed E-state index contributed by atoms with van der Waals surface area (Å²) in [6.07, 6.45) is 7.75. The minimum atomic E-state index is -0.324. The van der Waals surface area contributed by atoms with Crippen LogP contribution in [-0.2, 0) is 4.79 Å². The maximum atomic E-state index is 12.7. The van der Waals surface area contributed by atoms with Crippen molar-refractivity contribution in [3.63, 3.8) is 0 Å². The van der Waals surface area contributed by atoms with Crippen molar-refractivity contribution in [3.05, 3.63) is 54.0 Å². The van der Waals surface area contributed by atoms with E-state index in [-0.39, 0.29) is 23.3 Å². The highest BCUT2D eigenvalue weighted by molar-refractivity contribution is 5.91. The maximum Gasteiger partial charge on any atom is 0.289 e. The van der Waals surface area contributed by atoms with Gasteiger partial charge in [0.1, 0.15) is 11.4 Å². The highest BCUT2D eigenvalue weighted by Gasteiger charge is 2.44. The molecule has 1 saturated heterocycles. The van der Waals surface area contributed by atoms with Gasteiger partial charge in [-0.05, 0) is 49.4 Å². The quantitative estimate of drug-likeness (QED) is 0.833. The Morgan fingerprint density at radius 3 is 2.60 bits per heavy atom. The van der Waals surface area contributed by atoms with E-state index in [0.717, 1.165) is 43.4 Å². The molecule has 1 N–H and O–H groups in total. The number of furan rings is 1. The smallest absolute Gasteiger partial charge is 0.289 e. The number of para-hydroxylation sites is 1. The Morgan fingerprint density at radius 1 is 1.10 bits per heavy atom. The molecule has 0 radical (unpaired) electrons. The zero-order valence-electron chi connectivity index (χ0n) is 17.1. The first-order valence-corrected chi connectivity index (χ1v) is 11.0. The minimum Gasteiger partial charge on any atom is -0.487 e. The Bertz CT molecular complexity index is 911. The van der Waals surface area contributed by atoms with Crippen LogP contribution < -0.4 is 10.1 Å². The third-order valence-corrected chi connectivity index (χ3v) is 6.90. The molecule has 2 aromatic rings. The third kappa shape index (κ3) is 3.71. The highest BCUT2D eigenvalue weighted by Crippen LogP contribution is 2.46. The van der Waals surface area contributed by atoms with Crippen molar-refractivity contribution in [2.45, 2.75) is 62.5 Å². The van der Waals surface area contributed by atoms with Crippen LogP contribution in [0.15, 0.2) is 47.1 Å². The van der Waals surface area contributed by atoms with Crippen molar-refractivity contribution in [1.29, 1.82) is 0 Å². The van der Waals surface area contributed by atoms with Crippen molar-refractivity contribution in [2.75, 3.05) is 13.1 Å². The first kappa shape index (κ1) is 19.2. The van der Waals surface area contributed by atoms with Gasteiger partial charge in [0, 0.05) is 44.3 Å². The Balaban J connectivity index is 1.29. The molecule has 2 amide bonds. The molecule has 0 unspecified atom stereocenters. The van der Waals surface area contributed by atoms with E-state index in [9.17, 15) is 9.59 Å². The Labute approximate surface area is 176 Å². The summed E-state index contributed by atoms with van der Waals surface area (Å²) in [6.45, 7) is 1.26. The lowest BCUT2D eigenvalue weighted by Crippen LogP contribution is -2.52. The second-order valence-electron chi connectivity index (χ2n) is 8.89. The number of benzene rings is 1. The first-order valence-electron chi connectivity index (χ1n) is 11.0. The molecule has 1 spiro atoms. The van der Waals surface area contributed by atoms with Gasteiger partial charge in [0.25, 0.3) is 5.91 Å². The Morgan fingerprint density at radius 2 is 1.90 bits per heavy atom. The molecule has 1 aliphatic carbocycles. The number of nitrogens with zero attached hydrogens (tertiary/aromatic N) is 1. The molecule has 1 atom stereocenters. The number of hydrogen-bond donors (Lipinski definition) is 1. The van der Waals surface area contributed by atoms with Crippen LogP contribution in [0.3, 0.4) is 0 Å². The van der Waals surface area contributed by atoms with Crippen LogP contribution in [0.1, 0.15) is 67.0 Å². The van der Waals surface area contributed by atoms with E-state index < -0.39 is 0 Å². The number of nitrogens with one attached hydrogen (secondary N) is 1. The standard InChI is InChI=1S/C24H28N2O4/c27-22(25-18-5-3-6-18)15-17-16-24(30-20-8-2-1-7-19(17)20)10-12-26(13-11-24)23(28)21-9-4-14-29-21/h1-2,4,7-9,14,17-18H,3,5-6,10-13,15-16H2,(H,25,27)/t17-/m0/s1. The predicted octanol–water partition coefficient (Wildman–Crippen LogP) is 3.88. The van der Waals surface area contributed by atoms with Gasteiger partial charge in [0.05, 0.1) is 6.26 Å². The minimum absolute atomic E-state index is 0.0671. The van der Waals surface area contributed by atoms with Crippen LogP contribution in [0, 0.1) is 0 Å². The number of fused-ring (bicyclic) bond motifs is 1. The molecule has 3 heterocycles. The van der Waals surface area contributed by atoms with Crippen LogP contribution in [0.2, 0.25) is 0 Å². The van der Waals surface area contributed by atoms with Gasteiger partial charge in [-0.3, -0.25) is 9.59 Å². The van der Waals surface area contributed by atoms with Crippen LogP contribution in [0.25, 0.3) is 0 Å². The molecular weight excluding hydrogens is 380 g/mol. The predicted molar refractivity (Wildman–Crippen MR) is 111 cm³/mol. The van der Waals surface area contributed by atoms with E-state index in [1.807, 2.05) is 23.1 Å². The van der Waals surface area contributed by atoms with Gasteiger partial charge >= 0.3 is 0 Å². The third-order valence-electron chi connectivity index (χ3n) is 6.90. The van der Waals surface area contributed by atoms with E-state index >= 15 is 0 Å². The van der Waals surface area contributed by atoms with Crippen molar-refractivity contribution >= 4 is 11.8 Å². The van der Waals surface area contributed by atoms with Gasteiger partial charge < -0.3 is 19.4 Å². The number of hydrogen-bond acceptors (Lipinski definition) is 4. The molecule has 2 aliphatic heterocycles. The van der Waals surface area contributed by atoms with Gasteiger partial charge in [-0.25, -0.2) is 0 Å². The summed E-state index contributed by atoms with van der Waals surface area (Å²) in [5, 5.41) is 3.18. The van der Waals surface area contributed by atoms with Crippen molar-refractivity contribution in [3.8, 4) is 5.75 Å². The van der Waals surface area contributed by atoms with Crippen molar-refractivity contribution in [1.82, 2.24) is 10.2 Å². The first-order chi connectivity index (χ1) is 14.6. The number of piperidine rings is 1. The molecule has 1 aromatic carbocycles. The number of ether oxygens (including phenoxy) is 1. The van der Waals surface area contributed by atoms with Gasteiger partial charge in [0.15, 0.2) is 5.76 Å². The van der Waals surface area contributed by atoms with Gasteiger partial charge in [0.2, 0.25) is 5.91 Å². The molecule has 5 rings (SSSR count). The topological polar surface area (TPSA) is 71.8 Å². The van der Waals surface area contributed by atoms with E-state index in [0.29, 0.717) is 31.3 Å². The van der Waals surface area contributed by atoms with E-state index in [1.165, 1.54) is 12.7 Å². The molecule has 1 saturated carbocycles. The summed E-state index contributed by atoms with van der Waals surface area (Å²) < 4.78 is 11.8. The second-order valence-corrected chi connectivity index (χ2v) is 8.89. The summed E-state index contributed by atoms with van der Waals surface area (Å²) >= 11 is 0. The summed E-state index contributed by atoms with van der Waals surface area (Å²) in [7, 11) is 0. The Hall–Kier alpha value is -2.76. The summed E-state index contributed by atoms with van der Waals surface area (Å²) in [6, 6.07) is 11.9. The van der Waals surface area contributed by atoms with Crippen LogP contribution in [0.4, 0.5) is 0 Å². The van der Waals surface area contributed by atoms with E-state index in [4.69, 9.17) is 9.15 Å². The molecule has 0 bridgehead atoms. The molecule has 1 aromatic heterocycles. The number of carbonyl (C=O) groups is 2. The summed E-state index contributed by atoms with van der Waals surface area (Å²) in [4.78, 5) is 27.1. The number of amides is 2. The maximum absolute atomic E-state index is 12.7. The van der Waals surface area contributed by atoms with E-state index in [2.05, 4.69) is 11.4 Å². The fourth-order valence-electron chi connectivity index (χ4n) is 4.97. The summed E-state index contributed by atoms with van der Waals surface area (Å²) in [5.41, 5.74) is 0.802. The molecular formula is C24H28N2O4. The van der Waals surface area contributed by atoms with Gasteiger partial charge in [-0.2, -0.15) is 0 Å². The lowest BCUT2D eigenvalue weighted by atomic mass is 9.76. The zero-order chi connectivity index (χ0) is 20.6.